The van der Waals surface area contributed by atoms with Gasteiger partial charge in [-0.3, -0.25) is 4.79 Å². The van der Waals surface area contributed by atoms with Crippen molar-refractivity contribution in [2.75, 3.05) is 10.6 Å². The van der Waals surface area contributed by atoms with Crippen LogP contribution in [0.1, 0.15) is 17.4 Å². The largest absolute Gasteiger partial charge is 0.586 e. The first-order valence-electron chi connectivity index (χ1n) is 8.35. The first-order chi connectivity index (χ1) is 13.4. The van der Waals surface area contributed by atoms with Crippen LogP contribution in [0.5, 0.6) is 11.5 Å². The maximum absolute atomic E-state index is 13.2. The zero-order valence-corrected chi connectivity index (χ0v) is 14.6. The third kappa shape index (κ3) is 3.73. The number of halogens is 2. The van der Waals surface area contributed by atoms with E-state index >= 15 is 0 Å². The van der Waals surface area contributed by atoms with Crippen LogP contribution in [-0.4, -0.2) is 17.4 Å². The summed E-state index contributed by atoms with van der Waals surface area (Å²) >= 11 is 0. The van der Waals surface area contributed by atoms with Gasteiger partial charge in [0.25, 0.3) is 5.91 Å². The molecule has 9 heteroatoms. The van der Waals surface area contributed by atoms with Gasteiger partial charge >= 0.3 is 6.29 Å². The van der Waals surface area contributed by atoms with Crippen molar-refractivity contribution in [2.24, 2.45) is 0 Å². The van der Waals surface area contributed by atoms with Gasteiger partial charge in [0.05, 0.1) is 0 Å². The topological polar surface area (TPSA) is 85.6 Å². The van der Waals surface area contributed by atoms with E-state index in [9.17, 15) is 13.6 Å². The van der Waals surface area contributed by atoms with E-state index in [1.54, 1.807) is 37.3 Å². The standard InChI is InChI=1S/C19H15F2N3O4/c1-11-9-16(24-28-11)23-18(25)17(12-5-3-2-4-6-12)22-13-7-8-14-15(10-13)27-19(20,21)26-14/h2-10,17,22H,1H3,(H,23,24,25)/t17-/m1/s1. The van der Waals surface area contributed by atoms with Crippen LogP contribution < -0.4 is 20.1 Å². The lowest BCUT2D eigenvalue weighted by Crippen LogP contribution is -2.27. The number of rotatable bonds is 5. The Balaban J connectivity index is 1.59. The number of fused-ring (bicyclic) bond motifs is 1. The molecule has 0 saturated carbocycles. The van der Waals surface area contributed by atoms with Crippen molar-refractivity contribution >= 4 is 17.4 Å². The molecule has 2 N–H and O–H groups in total. The van der Waals surface area contributed by atoms with E-state index in [2.05, 4.69) is 25.3 Å². The van der Waals surface area contributed by atoms with Gasteiger partial charge in [-0.2, -0.15) is 0 Å². The summed E-state index contributed by atoms with van der Waals surface area (Å²) in [6.45, 7) is 1.71. The summed E-state index contributed by atoms with van der Waals surface area (Å²) in [6, 6.07) is 13.9. The number of nitrogens with zero attached hydrogens (tertiary/aromatic N) is 1. The molecule has 7 nitrogen and oxygen atoms in total. The molecule has 0 unspecified atom stereocenters. The van der Waals surface area contributed by atoms with E-state index < -0.39 is 18.2 Å². The SMILES string of the molecule is Cc1cc(NC(=O)[C@H](Nc2ccc3c(c2)OC(F)(F)O3)c2ccccc2)no1. The Bertz CT molecular complexity index is 1010. The minimum absolute atomic E-state index is 0.0747. The average Bonchev–Trinajstić information content (AvgIpc) is 3.20. The van der Waals surface area contributed by atoms with Gasteiger partial charge in [0.15, 0.2) is 17.3 Å². The number of carbonyl (C=O) groups is 1. The Kier molecular flexibility index (Phi) is 4.34. The van der Waals surface area contributed by atoms with Gasteiger partial charge in [-0.1, -0.05) is 35.5 Å². The highest BCUT2D eigenvalue weighted by molar-refractivity contribution is 5.96. The molecule has 0 bridgehead atoms. The first-order valence-corrected chi connectivity index (χ1v) is 8.35. The molecule has 28 heavy (non-hydrogen) atoms. The van der Waals surface area contributed by atoms with Crippen molar-refractivity contribution in [3.05, 3.63) is 65.9 Å². The van der Waals surface area contributed by atoms with E-state index in [-0.39, 0.29) is 17.3 Å². The molecule has 2 heterocycles. The number of aromatic nitrogens is 1. The van der Waals surface area contributed by atoms with E-state index in [0.717, 1.165) is 0 Å². The molecule has 1 aromatic heterocycles. The van der Waals surface area contributed by atoms with E-state index in [1.165, 1.54) is 18.2 Å². The van der Waals surface area contributed by atoms with Gasteiger partial charge in [-0.25, -0.2) is 0 Å². The molecular formula is C19H15F2N3O4. The number of benzene rings is 2. The molecule has 0 aliphatic carbocycles. The Morgan fingerprint density at radius 3 is 2.54 bits per heavy atom. The maximum atomic E-state index is 13.2. The molecule has 0 fully saturated rings. The van der Waals surface area contributed by atoms with Crippen LogP contribution in [0.2, 0.25) is 0 Å². The second-order valence-electron chi connectivity index (χ2n) is 6.13. The predicted octanol–water partition coefficient (Wildman–Crippen LogP) is 4.10. The van der Waals surface area contributed by atoms with Crippen LogP contribution in [0.15, 0.2) is 59.1 Å². The molecule has 4 rings (SSSR count). The summed E-state index contributed by atoms with van der Waals surface area (Å²) in [5.41, 5.74) is 1.07. The Labute approximate surface area is 158 Å². The van der Waals surface area contributed by atoms with Gasteiger partial charge < -0.3 is 24.6 Å². The number of amides is 1. The number of hydrogen-bond acceptors (Lipinski definition) is 6. The Morgan fingerprint density at radius 1 is 1.07 bits per heavy atom. The Hall–Kier alpha value is -3.62. The third-order valence-corrected chi connectivity index (χ3v) is 3.99. The molecule has 0 radical (unpaired) electrons. The van der Waals surface area contributed by atoms with Gasteiger partial charge in [-0.15, -0.1) is 8.78 Å². The number of carbonyl (C=O) groups excluding carboxylic acids is 1. The molecule has 3 aromatic rings. The lowest BCUT2D eigenvalue weighted by molar-refractivity contribution is -0.286. The maximum Gasteiger partial charge on any atom is 0.586 e. The molecule has 1 aliphatic heterocycles. The van der Waals surface area contributed by atoms with Crippen molar-refractivity contribution in [3.63, 3.8) is 0 Å². The van der Waals surface area contributed by atoms with Gasteiger partial charge in [0, 0.05) is 17.8 Å². The van der Waals surface area contributed by atoms with Gasteiger partial charge in [0.1, 0.15) is 11.8 Å². The molecule has 2 aromatic carbocycles. The summed E-state index contributed by atoms with van der Waals surface area (Å²) in [7, 11) is 0. The summed E-state index contributed by atoms with van der Waals surface area (Å²) in [4.78, 5) is 12.8. The lowest BCUT2D eigenvalue weighted by atomic mass is 10.1. The summed E-state index contributed by atoms with van der Waals surface area (Å²) in [5.74, 6) is 0.234. The number of ether oxygens (including phenoxy) is 2. The zero-order chi connectivity index (χ0) is 19.7. The van der Waals surface area contributed by atoms with Crippen molar-refractivity contribution in [3.8, 4) is 11.5 Å². The number of nitrogens with one attached hydrogen (secondary N) is 2. The number of aryl methyl sites for hydroxylation is 1. The summed E-state index contributed by atoms with van der Waals surface area (Å²) < 4.78 is 40.2. The normalized spacial score (nSPS) is 15.1. The highest BCUT2D eigenvalue weighted by Crippen LogP contribution is 2.42. The first kappa shape index (κ1) is 17.8. The quantitative estimate of drug-likeness (QED) is 0.686. The molecular weight excluding hydrogens is 372 g/mol. The molecule has 144 valence electrons. The lowest BCUT2D eigenvalue weighted by Gasteiger charge is -2.19. The number of hydrogen-bond donors (Lipinski definition) is 2. The van der Waals surface area contributed by atoms with Gasteiger partial charge in [-0.05, 0) is 24.6 Å². The summed E-state index contributed by atoms with van der Waals surface area (Å²) in [5, 5.41) is 9.44. The van der Waals surface area contributed by atoms with Crippen LogP contribution in [0.3, 0.4) is 0 Å². The minimum atomic E-state index is -3.71. The molecule has 1 atom stereocenters. The van der Waals surface area contributed by atoms with Crippen molar-refractivity contribution in [2.45, 2.75) is 19.3 Å². The van der Waals surface area contributed by atoms with E-state index in [1.807, 2.05) is 6.07 Å². The van der Waals surface area contributed by atoms with E-state index in [0.29, 0.717) is 17.0 Å². The predicted molar refractivity (Wildman–Crippen MR) is 95.3 cm³/mol. The fraction of sp³-hybridized carbons (Fsp3) is 0.158. The summed E-state index contributed by atoms with van der Waals surface area (Å²) in [6.07, 6.45) is -3.71. The van der Waals surface area contributed by atoms with Crippen LogP contribution in [0.25, 0.3) is 0 Å². The molecule has 1 amide bonds. The number of alkyl halides is 2. The van der Waals surface area contributed by atoms with Crippen LogP contribution in [0, 0.1) is 6.92 Å². The fourth-order valence-corrected chi connectivity index (χ4v) is 2.77. The second kappa shape index (κ2) is 6.84. The molecule has 1 aliphatic rings. The average molecular weight is 387 g/mol. The minimum Gasteiger partial charge on any atom is -0.395 e. The molecule has 0 saturated heterocycles. The van der Waals surface area contributed by atoms with E-state index in [4.69, 9.17) is 4.52 Å². The second-order valence-corrected chi connectivity index (χ2v) is 6.13. The number of anilines is 2. The van der Waals surface area contributed by atoms with Gasteiger partial charge in [0.2, 0.25) is 0 Å². The van der Waals surface area contributed by atoms with Crippen molar-refractivity contribution in [1.82, 2.24) is 5.16 Å². The van der Waals surface area contributed by atoms with Crippen LogP contribution >= 0.6 is 0 Å². The van der Waals surface area contributed by atoms with Crippen LogP contribution in [0.4, 0.5) is 20.3 Å². The monoisotopic (exact) mass is 387 g/mol. The highest BCUT2D eigenvalue weighted by atomic mass is 19.3. The van der Waals surface area contributed by atoms with Crippen LogP contribution in [-0.2, 0) is 4.79 Å². The van der Waals surface area contributed by atoms with Crippen molar-refractivity contribution < 1.29 is 27.6 Å². The zero-order valence-electron chi connectivity index (χ0n) is 14.6. The highest BCUT2D eigenvalue weighted by Gasteiger charge is 2.43. The Morgan fingerprint density at radius 2 is 1.82 bits per heavy atom. The third-order valence-electron chi connectivity index (χ3n) is 3.99. The van der Waals surface area contributed by atoms with Crippen molar-refractivity contribution in [1.29, 1.82) is 0 Å². The smallest absolute Gasteiger partial charge is 0.395 e. The molecule has 0 spiro atoms. The fourth-order valence-electron chi connectivity index (χ4n) is 2.77.